The number of benzene rings is 1. The molecule has 0 aliphatic carbocycles. The molecule has 1 amide bonds. The highest BCUT2D eigenvalue weighted by molar-refractivity contribution is 5.89. The van der Waals surface area contributed by atoms with Crippen molar-refractivity contribution in [3.05, 3.63) is 35.9 Å². The molecule has 4 nitrogen and oxygen atoms in total. The van der Waals surface area contributed by atoms with Crippen LogP contribution < -0.4 is 11.1 Å². The van der Waals surface area contributed by atoms with Gasteiger partial charge in [0.15, 0.2) is 0 Å². The number of anilines is 1. The van der Waals surface area contributed by atoms with E-state index in [2.05, 4.69) is 5.32 Å². The summed E-state index contributed by atoms with van der Waals surface area (Å²) in [6.07, 6.45) is 2.64. The minimum absolute atomic E-state index is 0.106. The monoisotopic (exact) mass is 203 g/mol. The SMILES string of the molecule is CC(=O)Nc1ccc(C(N)=CC=N)cc1. The molecule has 15 heavy (non-hydrogen) atoms. The predicted molar refractivity (Wildman–Crippen MR) is 61.7 cm³/mol. The van der Waals surface area contributed by atoms with E-state index < -0.39 is 0 Å². The Morgan fingerprint density at radius 3 is 2.47 bits per heavy atom. The van der Waals surface area contributed by atoms with Gasteiger partial charge in [-0.3, -0.25) is 4.79 Å². The van der Waals surface area contributed by atoms with E-state index in [0.29, 0.717) is 5.70 Å². The van der Waals surface area contributed by atoms with E-state index >= 15 is 0 Å². The lowest BCUT2D eigenvalue weighted by molar-refractivity contribution is -0.114. The van der Waals surface area contributed by atoms with E-state index in [1.165, 1.54) is 13.0 Å². The van der Waals surface area contributed by atoms with Crippen LogP contribution in [0, 0.1) is 5.41 Å². The van der Waals surface area contributed by atoms with Crippen molar-refractivity contribution < 1.29 is 4.79 Å². The summed E-state index contributed by atoms with van der Waals surface area (Å²) >= 11 is 0. The molecule has 0 saturated heterocycles. The first-order chi connectivity index (χ1) is 7.13. The Kier molecular flexibility index (Phi) is 3.62. The van der Waals surface area contributed by atoms with Gasteiger partial charge >= 0.3 is 0 Å². The molecular weight excluding hydrogens is 190 g/mol. The zero-order valence-corrected chi connectivity index (χ0v) is 8.45. The summed E-state index contributed by atoms with van der Waals surface area (Å²) in [5, 5.41) is 9.54. The molecule has 78 valence electrons. The van der Waals surface area contributed by atoms with Crippen molar-refractivity contribution in [2.45, 2.75) is 6.92 Å². The number of allylic oxidation sites excluding steroid dienone is 1. The predicted octanol–water partition coefficient (Wildman–Crippen LogP) is 1.59. The Hall–Kier alpha value is -2.10. The van der Waals surface area contributed by atoms with Crippen molar-refractivity contribution in [3.63, 3.8) is 0 Å². The van der Waals surface area contributed by atoms with Gasteiger partial charge < -0.3 is 16.5 Å². The molecule has 0 atom stereocenters. The highest BCUT2D eigenvalue weighted by Gasteiger charge is 1.97. The second-order valence-electron chi connectivity index (χ2n) is 3.05. The van der Waals surface area contributed by atoms with Crippen LogP contribution in [0.2, 0.25) is 0 Å². The second kappa shape index (κ2) is 4.95. The summed E-state index contributed by atoms with van der Waals surface area (Å²) in [5.41, 5.74) is 7.76. The third-order valence-corrected chi connectivity index (χ3v) is 1.80. The molecule has 1 rings (SSSR count). The van der Waals surface area contributed by atoms with Gasteiger partial charge in [-0.05, 0) is 23.8 Å². The number of carbonyl (C=O) groups excluding carboxylic acids is 1. The number of amides is 1. The Bertz CT molecular complexity index is 393. The standard InChI is InChI=1S/C11H13N3O/c1-8(15)14-10-4-2-9(3-5-10)11(13)6-7-12/h2-7,12H,13H2,1H3,(H,14,15). The van der Waals surface area contributed by atoms with Crippen molar-refractivity contribution in [1.82, 2.24) is 0 Å². The summed E-state index contributed by atoms with van der Waals surface area (Å²) in [4.78, 5) is 10.8. The lowest BCUT2D eigenvalue weighted by atomic mass is 10.1. The van der Waals surface area contributed by atoms with E-state index in [4.69, 9.17) is 11.1 Å². The first kappa shape index (κ1) is 11.0. The second-order valence-corrected chi connectivity index (χ2v) is 3.05. The summed E-state index contributed by atoms with van der Waals surface area (Å²) in [6.45, 7) is 1.46. The molecule has 0 fully saturated rings. The summed E-state index contributed by atoms with van der Waals surface area (Å²) in [7, 11) is 0. The smallest absolute Gasteiger partial charge is 0.221 e. The molecular formula is C11H13N3O. The number of hydrogen-bond acceptors (Lipinski definition) is 3. The van der Waals surface area contributed by atoms with Crippen molar-refractivity contribution in [1.29, 1.82) is 5.41 Å². The van der Waals surface area contributed by atoms with Gasteiger partial charge in [-0.15, -0.1) is 0 Å². The first-order valence-corrected chi connectivity index (χ1v) is 4.47. The summed E-state index contributed by atoms with van der Waals surface area (Å²) < 4.78 is 0. The van der Waals surface area contributed by atoms with Gasteiger partial charge in [0.2, 0.25) is 5.91 Å². The van der Waals surface area contributed by atoms with E-state index in [0.717, 1.165) is 17.5 Å². The normalized spacial score (nSPS) is 10.9. The molecule has 1 aromatic rings. The van der Waals surface area contributed by atoms with Gasteiger partial charge in [-0.2, -0.15) is 0 Å². The summed E-state index contributed by atoms with van der Waals surface area (Å²) in [6, 6.07) is 7.12. The van der Waals surface area contributed by atoms with Crippen molar-refractivity contribution in [3.8, 4) is 0 Å². The Morgan fingerprint density at radius 1 is 1.40 bits per heavy atom. The van der Waals surface area contributed by atoms with Crippen LogP contribution in [0.3, 0.4) is 0 Å². The fourth-order valence-electron chi connectivity index (χ4n) is 1.14. The van der Waals surface area contributed by atoms with Crippen LogP contribution in [0.15, 0.2) is 30.3 Å². The number of nitrogens with one attached hydrogen (secondary N) is 2. The first-order valence-electron chi connectivity index (χ1n) is 4.47. The van der Waals surface area contributed by atoms with Gasteiger partial charge in [0.1, 0.15) is 0 Å². The van der Waals surface area contributed by atoms with Crippen LogP contribution in [0.1, 0.15) is 12.5 Å². The molecule has 0 aromatic heterocycles. The molecule has 0 heterocycles. The van der Waals surface area contributed by atoms with Gasteiger partial charge in [-0.1, -0.05) is 12.1 Å². The molecule has 4 N–H and O–H groups in total. The van der Waals surface area contributed by atoms with Crippen molar-refractivity contribution in [2.75, 3.05) is 5.32 Å². The zero-order chi connectivity index (χ0) is 11.3. The van der Waals surface area contributed by atoms with Crippen molar-refractivity contribution >= 4 is 23.5 Å². The van der Waals surface area contributed by atoms with E-state index in [-0.39, 0.29) is 5.91 Å². The molecule has 0 radical (unpaired) electrons. The molecule has 0 spiro atoms. The molecule has 1 aromatic carbocycles. The average Bonchev–Trinajstić information content (AvgIpc) is 2.18. The van der Waals surface area contributed by atoms with Crippen LogP contribution in [0.5, 0.6) is 0 Å². The lowest BCUT2D eigenvalue weighted by Gasteiger charge is -2.04. The lowest BCUT2D eigenvalue weighted by Crippen LogP contribution is -2.05. The Morgan fingerprint density at radius 2 is 2.00 bits per heavy atom. The molecule has 0 unspecified atom stereocenters. The fourth-order valence-corrected chi connectivity index (χ4v) is 1.14. The average molecular weight is 203 g/mol. The van der Waals surface area contributed by atoms with E-state index in [9.17, 15) is 4.79 Å². The number of hydrogen-bond donors (Lipinski definition) is 3. The zero-order valence-electron chi connectivity index (χ0n) is 8.45. The largest absolute Gasteiger partial charge is 0.398 e. The molecule has 0 saturated carbocycles. The van der Waals surface area contributed by atoms with Crippen LogP contribution in [0.4, 0.5) is 5.69 Å². The highest BCUT2D eigenvalue weighted by Crippen LogP contribution is 2.13. The summed E-state index contributed by atoms with van der Waals surface area (Å²) in [5.74, 6) is -0.106. The Labute approximate surface area is 88.3 Å². The van der Waals surface area contributed by atoms with E-state index in [1.54, 1.807) is 24.3 Å². The van der Waals surface area contributed by atoms with Crippen LogP contribution in [-0.2, 0) is 4.79 Å². The third kappa shape index (κ3) is 3.27. The van der Waals surface area contributed by atoms with E-state index in [1.807, 2.05) is 0 Å². The Balaban J connectivity index is 2.85. The van der Waals surface area contributed by atoms with Gasteiger partial charge in [-0.25, -0.2) is 0 Å². The van der Waals surface area contributed by atoms with Crippen LogP contribution in [-0.4, -0.2) is 12.1 Å². The molecule has 0 bridgehead atoms. The minimum Gasteiger partial charge on any atom is -0.398 e. The maximum atomic E-state index is 10.8. The molecule has 4 heteroatoms. The van der Waals surface area contributed by atoms with Crippen LogP contribution >= 0.6 is 0 Å². The number of rotatable bonds is 3. The quantitative estimate of drug-likeness (QED) is 0.652. The highest BCUT2D eigenvalue weighted by atomic mass is 16.1. The fraction of sp³-hybridized carbons (Fsp3) is 0.0909. The van der Waals surface area contributed by atoms with Gasteiger partial charge in [0.05, 0.1) is 0 Å². The van der Waals surface area contributed by atoms with Crippen molar-refractivity contribution in [2.24, 2.45) is 5.73 Å². The number of carbonyl (C=O) groups is 1. The number of nitrogens with two attached hydrogens (primary N) is 1. The topological polar surface area (TPSA) is 79.0 Å². The van der Waals surface area contributed by atoms with Gasteiger partial charge in [0.25, 0.3) is 0 Å². The van der Waals surface area contributed by atoms with Gasteiger partial charge in [0, 0.05) is 24.5 Å². The minimum atomic E-state index is -0.106. The molecule has 0 aliphatic heterocycles. The molecule has 0 aliphatic rings. The third-order valence-electron chi connectivity index (χ3n) is 1.80. The maximum absolute atomic E-state index is 10.8. The maximum Gasteiger partial charge on any atom is 0.221 e. The van der Waals surface area contributed by atoms with Crippen LogP contribution in [0.25, 0.3) is 5.70 Å².